The number of halogens is 1. The highest BCUT2D eigenvalue weighted by molar-refractivity contribution is 5.89. The molecule has 0 radical (unpaired) electrons. The number of benzene rings is 2. The molecule has 3 heterocycles. The molecular formula is C29H36FN7. The summed E-state index contributed by atoms with van der Waals surface area (Å²) in [5, 5.41) is 8.62. The minimum Gasteiger partial charge on any atom is -0.371 e. The van der Waals surface area contributed by atoms with Crippen LogP contribution in [0.4, 0.5) is 21.6 Å². The molecule has 0 bridgehead atoms. The molecule has 37 heavy (non-hydrogen) atoms. The normalized spacial score (nSPS) is 14.6. The van der Waals surface area contributed by atoms with Gasteiger partial charge in [-0.1, -0.05) is 19.9 Å². The Bertz CT molecular complexity index is 1320. The van der Waals surface area contributed by atoms with Gasteiger partial charge in [-0.15, -0.1) is 0 Å². The van der Waals surface area contributed by atoms with E-state index in [0.717, 1.165) is 29.7 Å². The van der Waals surface area contributed by atoms with E-state index >= 15 is 0 Å². The van der Waals surface area contributed by atoms with E-state index in [1.54, 1.807) is 12.3 Å². The summed E-state index contributed by atoms with van der Waals surface area (Å²) in [6.45, 7) is 11.1. The molecule has 0 amide bonds. The fourth-order valence-electron chi connectivity index (χ4n) is 5.33. The largest absolute Gasteiger partial charge is 0.371 e. The summed E-state index contributed by atoms with van der Waals surface area (Å²) in [5.41, 5.74) is 4.50. The lowest BCUT2D eigenvalue weighted by Crippen LogP contribution is -2.45. The fourth-order valence-corrected chi connectivity index (χ4v) is 5.33. The Labute approximate surface area is 218 Å². The fraction of sp³-hybridized carbons (Fsp3) is 0.414. The molecule has 1 fully saturated rings. The van der Waals surface area contributed by atoms with Gasteiger partial charge in [0.25, 0.3) is 0 Å². The quantitative estimate of drug-likeness (QED) is 0.299. The van der Waals surface area contributed by atoms with Gasteiger partial charge in [-0.05, 0) is 87.7 Å². The second-order valence-corrected chi connectivity index (χ2v) is 9.87. The minimum absolute atomic E-state index is 0.294. The van der Waals surface area contributed by atoms with Crippen LogP contribution >= 0.6 is 0 Å². The number of piperidine rings is 1. The van der Waals surface area contributed by atoms with Crippen LogP contribution in [0.15, 0.2) is 55.0 Å². The zero-order valence-corrected chi connectivity index (χ0v) is 22.0. The first-order chi connectivity index (χ1) is 18.1. The molecule has 0 aliphatic carbocycles. The molecule has 2 aromatic heterocycles. The standard InChI is InChI=1S/C29H36FN7/c1-4-14-35(15-5-2)24-12-16-36(17-13-24)23-8-10-25(11-9-23)37-29-26(19-33-37)28(31-20-32-29)34-27-18-22(30)7-6-21(27)3/h6-11,18-20,24H,4-5,12-17H2,1-3H3,(H,31,32,34). The van der Waals surface area contributed by atoms with Gasteiger partial charge in [0, 0.05) is 30.5 Å². The lowest BCUT2D eigenvalue weighted by molar-refractivity contribution is 0.169. The zero-order chi connectivity index (χ0) is 25.8. The van der Waals surface area contributed by atoms with Gasteiger partial charge in [0.1, 0.15) is 18.0 Å². The third kappa shape index (κ3) is 5.44. The highest BCUT2D eigenvalue weighted by atomic mass is 19.1. The maximum atomic E-state index is 13.8. The predicted molar refractivity (Wildman–Crippen MR) is 148 cm³/mol. The molecule has 1 aliphatic rings. The second-order valence-electron chi connectivity index (χ2n) is 9.87. The average molecular weight is 502 g/mol. The molecule has 2 aromatic carbocycles. The Morgan fingerprint density at radius 1 is 0.973 bits per heavy atom. The van der Waals surface area contributed by atoms with Gasteiger partial charge in [-0.2, -0.15) is 5.10 Å². The molecule has 1 saturated heterocycles. The van der Waals surface area contributed by atoms with Crippen LogP contribution in [0.5, 0.6) is 0 Å². The van der Waals surface area contributed by atoms with Crippen LogP contribution in [-0.2, 0) is 0 Å². The highest BCUT2D eigenvalue weighted by Crippen LogP contribution is 2.28. The third-order valence-electron chi connectivity index (χ3n) is 7.28. The molecular weight excluding hydrogens is 465 g/mol. The van der Waals surface area contributed by atoms with Crippen molar-refractivity contribution in [1.82, 2.24) is 24.6 Å². The first kappa shape index (κ1) is 25.1. The maximum Gasteiger partial charge on any atom is 0.168 e. The summed E-state index contributed by atoms with van der Waals surface area (Å²) in [6, 6.07) is 13.9. The van der Waals surface area contributed by atoms with Crippen LogP contribution in [-0.4, -0.2) is 56.9 Å². The predicted octanol–water partition coefficient (Wildman–Crippen LogP) is 6.10. The first-order valence-electron chi connectivity index (χ1n) is 13.4. The van der Waals surface area contributed by atoms with Gasteiger partial charge < -0.3 is 15.1 Å². The SMILES string of the molecule is CCCN(CCC)C1CCN(c2ccc(-n3ncc4c(Nc5cc(F)ccc5C)ncnc43)cc2)CC1. The number of hydrogen-bond acceptors (Lipinski definition) is 6. The van der Waals surface area contributed by atoms with Crippen molar-refractivity contribution >= 4 is 28.2 Å². The number of hydrogen-bond donors (Lipinski definition) is 1. The van der Waals surface area contributed by atoms with E-state index in [-0.39, 0.29) is 5.82 Å². The number of aromatic nitrogens is 4. The van der Waals surface area contributed by atoms with E-state index in [1.165, 1.54) is 62.9 Å². The Morgan fingerprint density at radius 3 is 2.38 bits per heavy atom. The van der Waals surface area contributed by atoms with Gasteiger partial charge in [0.15, 0.2) is 5.65 Å². The van der Waals surface area contributed by atoms with Gasteiger partial charge >= 0.3 is 0 Å². The monoisotopic (exact) mass is 501 g/mol. The summed E-state index contributed by atoms with van der Waals surface area (Å²) in [5.74, 6) is 0.308. The average Bonchev–Trinajstić information content (AvgIpc) is 3.36. The Balaban J connectivity index is 1.30. The molecule has 4 aromatic rings. The minimum atomic E-state index is -0.294. The van der Waals surface area contributed by atoms with Crippen molar-refractivity contribution in [3.05, 3.63) is 66.4 Å². The number of aryl methyl sites for hydroxylation is 1. The molecule has 5 rings (SSSR count). The maximum absolute atomic E-state index is 13.8. The number of nitrogens with zero attached hydrogens (tertiary/aromatic N) is 6. The molecule has 0 unspecified atom stereocenters. The van der Waals surface area contributed by atoms with Gasteiger partial charge in [-0.3, -0.25) is 0 Å². The van der Waals surface area contributed by atoms with Crippen molar-refractivity contribution in [3.63, 3.8) is 0 Å². The molecule has 194 valence electrons. The highest BCUT2D eigenvalue weighted by Gasteiger charge is 2.24. The molecule has 7 nitrogen and oxygen atoms in total. The van der Waals surface area contributed by atoms with Crippen molar-refractivity contribution in [3.8, 4) is 5.69 Å². The summed E-state index contributed by atoms with van der Waals surface area (Å²) in [7, 11) is 0. The Morgan fingerprint density at radius 2 is 1.68 bits per heavy atom. The van der Waals surface area contributed by atoms with Crippen LogP contribution in [0.2, 0.25) is 0 Å². The van der Waals surface area contributed by atoms with E-state index in [2.05, 4.69) is 68.3 Å². The number of fused-ring (bicyclic) bond motifs is 1. The van der Waals surface area contributed by atoms with Crippen molar-refractivity contribution in [2.75, 3.05) is 36.4 Å². The molecule has 0 spiro atoms. The van der Waals surface area contributed by atoms with E-state index < -0.39 is 0 Å². The number of nitrogens with one attached hydrogen (secondary N) is 1. The molecule has 8 heteroatoms. The van der Waals surface area contributed by atoms with Gasteiger partial charge in [-0.25, -0.2) is 19.0 Å². The van der Waals surface area contributed by atoms with Crippen LogP contribution in [0.25, 0.3) is 16.7 Å². The van der Waals surface area contributed by atoms with Gasteiger partial charge in [0.2, 0.25) is 0 Å². The lowest BCUT2D eigenvalue weighted by Gasteiger charge is -2.39. The molecule has 1 aliphatic heterocycles. The van der Waals surface area contributed by atoms with Crippen LogP contribution in [0, 0.1) is 12.7 Å². The van der Waals surface area contributed by atoms with Crippen molar-refractivity contribution < 1.29 is 4.39 Å². The smallest absolute Gasteiger partial charge is 0.168 e. The topological polar surface area (TPSA) is 62.1 Å². The first-order valence-corrected chi connectivity index (χ1v) is 13.4. The molecule has 0 saturated carbocycles. The van der Waals surface area contributed by atoms with Crippen molar-refractivity contribution in [1.29, 1.82) is 0 Å². The molecule has 0 atom stereocenters. The van der Waals surface area contributed by atoms with Crippen molar-refractivity contribution in [2.24, 2.45) is 0 Å². The number of rotatable bonds is 9. The Hall–Kier alpha value is -3.52. The van der Waals surface area contributed by atoms with Gasteiger partial charge in [0.05, 0.1) is 17.3 Å². The zero-order valence-electron chi connectivity index (χ0n) is 22.0. The summed E-state index contributed by atoms with van der Waals surface area (Å²) >= 11 is 0. The Kier molecular flexibility index (Phi) is 7.65. The number of anilines is 3. The summed E-state index contributed by atoms with van der Waals surface area (Å²) < 4.78 is 15.6. The summed E-state index contributed by atoms with van der Waals surface area (Å²) in [4.78, 5) is 14.0. The van der Waals surface area contributed by atoms with Crippen LogP contribution in [0.1, 0.15) is 45.1 Å². The summed E-state index contributed by atoms with van der Waals surface area (Å²) in [6.07, 6.45) is 8.12. The lowest BCUT2D eigenvalue weighted by atomic mass is 10.0. The molecule has 1 N–H and O–H groups in total. The third-order valence-corrected chi connectivity index (χ3v) is 7.28. The van der Waals surface area contributed by atoms with Crippen LogP contribution in [0.3, 0.4) is 0 Å². The van der Waals surface area contributed by atoms with E-state index in [0.29, 0.717) is 23.2 Å². The van der Waals surface area contributed by atoms with E-state index in [1.807, 2.05) is 11.6 Å². The second kappa shape index (κ2) is 11.3. The van der Waals surface area contributed by atoms with Crippen molar-refractivity contribution in [2.45, 2.75) is 52.5 Å². The van der Waals surface area contributed by atoms with E-state index in [9.17, 15) is 4.39 Å². The van der Waals surface area contributed by atoms with Crippen LogP contribution < -0.4 is 10.2 Å². The van der Waals surface area contributed by atoms with E-state index in [4.69, 9.17) is 0 Å².